The van der Waals surface area contributed by atoms with E-state index in [4.69, 9.17) is 21.1 Å². The summed E-state index contributed by atoms with van der Waals surface area (Å²) in [5.41, 5.74) is 2.08. The van der Waals surface area contributed by atoms with E-state index >= 15 is 0 Å². The van der Waals surface area contributed by atoms with Gasteiger partial charge < -0.3 is 14.5 Å². The predicted molar refractivity (Wildman–Crippen MR) is 101 cm³/mol. The minimum Gasteiger partial charge on any atom is -0.493 e. The lowest BCUT2D eigenvalue weighted by atomic mass is 9.99. The van der Waals surface area contributed by atoms with Crippen molar-refractivity contribution in [3.8, 4) is 40.0 Å². The lowest BCUT2D eigenvalue weighted by Gasteiger charge is -2.11. The van der Waals surface area contributed by atoms with Crippen molar-refractivity contribution in [2.75, 3.05) is 14.2 Å². The standard InChI is InChI=1S/C20H15ClN2O3/c1-25-18-7-6-13(9-19(18)26-2)17-10-15(16(11-22)20(24)23-17)12-4-3-5-14(21)8-12/h3-10H,1-2H3,(H,23,24). The smallest absolute Gasteiger partial charge is 0.266 e. The molecule has 1 N–H and O–H groups in total. The van der Waals surface area contributed by atoms with Crippen molar-refractivity contribution < 1.29 is 9.47 Å². The summed E-state index contributed by atoms with van der Waals surface area (Å²) >= 11 is 6.06. The fraction of sp³-hybridized carbons (Fsp3) is 0.100. The highest BCUT2D eigenvalue weighted by Crippen LogP contribution is 2.33. The molecule has 0 saturated heterocycles. The van der Waals surface area contributed by atoms with Gasteiger partial charge in [-0.05, 0) is 42.0 Å². The Morgan fingerprint density at radius 1 is 1.00 bits per heavy atom. The Morgan fingerprint density at radius 2 is 1.77 bits per heavy atom. The molecule has 0 atom stereocenters. The van der Waals surface area contributed by atoms with Crippen molar-refractivity contribution in [1.82, 2.24) is 4.98 Å². The molecule has 0 bridgehead atoms. The number of H-pyrrole nitrogens is 1. The molecule has 6 heteroatoms. The molecule has 0 aliphatic carbocycles. The highest BCUT2D eigenvalue weighted by Gasteiger charge is 2.14. The maximum absolute atomic E-state index is 12.4. The summed E-state index contributed by atoms with van der Waals surface area (Å²) in [7, 11) is 3.10. The highest BCUT2D eigenvalue weighted by molar-refractivity contribution is 6.30. The first-order chi connectivity index (χ1) is 12.6. The molecular formula is C20H15ClN2O3. The number of benzene rings is 2. The van der Waals surface area contributed by atoms with Crippen LogP contribution in [0.25, 0.3) is 22.4 Å². The predicted octanol–water partition coefficient (Wildman–Crippen LogP) is 4.25. The van der Waals surface area contributed by atoms with Crippen LogP contribution in [0.1, 0.15) is 5.56 Å². The van der Waals surface area contributed by atoms with Crippen molar-refractivity contribution in [1.29, 1.82) is 5.26 Å². The number of hydrogen-bond acceptors (Lipinski definition) is 4. The number of aromatic amines is 1. The number of pyridine rings is 1. The van der Waals surface area contributed by atoms with Crippen LogP contribution in [0.4, 0.5) is 0 Å². The molecule has 2 aromatic carbocycles. The van der Waals surface area contributed by atoms with Crippen LogP contribution < -0.4 is 15.0 Å². The molecule has 0 aliphatic heterocycles. The molecule has 1 heterocycles. The third-order valence-electron chi connectivity index (χ3n) is 3.98. The monoisotopic (exact) mass is 366 g/mol. The van der Waals surface area contributed by atoms with Gasteiger partial charge in [-0.1, -0.05) is 23.7 Å². The summed E-state index contributed by atoms with van der Waals surface area (Å²) < 4.78 is 10.6. The molecular weight excluding hydrogens is 352 g/mol. The van der Waals surface area contributed by atoms with Crippen LogP contribution >= 0.6 is 11.6 Å². The van der Waals surface area contributed by atoms with Gasteiger partial charge in [0.2, 0.25) is 0 Å². The Labute approximate surface area is 155 Å². The summed E-state index contributed by atoms with van der Waals surface area (Å²) in [6.45, 7) is 0. The van der Waals surface area contributed by atoms with Crippen LogP contribution in [0.3, 0.4) is 0 Å². The number of aromatic nitrogens is 1. The number of hydrogen-bond donors (Lipinski definition) is 1. The normalized spacial score (nSPS) is 10.2. The van der Waals surface area contributed by atoms with Crippen LogP contribution in [0.2, 0.25) is 5.02 Å². The van der Waals surface area contributed by atoms with Gasteiger partial charge in [0, 0.05) is 21.8 Å². The number of nitrogens with one attached hydrogen (secondary N) is 1. The van der Waals surface area contributed by atoms with Gasteiger partial charge in [0.05, 0.1) is 14.2 Å². The first-order valence-corrected chi connectivity index (χ1v) is 8.11. The number of rotatable bonds is 4. The number of methoxy groups -OCH3 is 2. The van der Waals surface area contributed by atoms with E-state index < -0.39 is 5.56 Å². The number of ether oxygens (including phenoxy) is 2. The molecule has 3 aromatic rings. The molecule has 0 spiro atoms. The highest BCUT2D eigenvalue weighted by atomic mass is 35.5. The third-order valence-corrected chi connectivity index (χ3v) is 4.21. The Kier molecular flexibility index (Phi) is 4.97. The Morgan fingerprint density at radius 3 is 2.42 bits per heavy atom. The van der Waals surface area contributed by atoms with Crippen LogP contribution in [-0.2, 0) is 0 Å². The van der Waals surface area contributed by atoms with Gasteiger partial charge in [-0.25, -0.2) is 0 Å². The summed E-state index contributed by atoms with van der Waals surface area (Å²) in [6.07, 6.45) is 0. The van der Waals surface area contributed by atoms with Gasteiger partial charge in [0.15, 0.2) is 11.5 Å². The van der Waals surface area contributed by atoms with Crippen molar-refractivity contribution in [3.05, 3.63) is 69.5 Å². The largest absolute Gasteiger partial charge is 0.493 e. The fourth-order valence-electron chi connectivity index (χ4n) is 2.71. The minimum absolute atomic E-state index is 0.0384. The van der Waals surface area contributed by atoms with E-state index in [2.05, 4.69) is 4.98 Å². The first kappa shape index (κ1) is 17.6. The summed E-state index contributed by atoms with van der Waals surface area (Å²) in [5.74, 6) is 1.13. The molecule has 0 radical (unpaired) electrons. The molecule has 130 valence electrons. The molecule has 0 fully saturated rings. The topological polar surface area (TPSA) is 75.1 Å². The van der Waals surface area contributed by atoms with E-state index in [9.17, 15) is 10.1 Å². The van der Waals surface area contributed by atoms with E-state index in [-0.39, 0.29) is 5.56 Å². The van der Waals surface area contributed by atoms with Gasteiger partial charge in [-0.15, -0.1) is 0 Å². The third kappa shape index (κ3) is 3.28. The molecule has 0 aliphatic rings. The zero-order chi connectivity index (χ0) is 18.7. The maximum atomic E-state index is 12.4. The van der Waals surface area contributed by atoms with E-state index in [1.165, 1.54) is 0 Å². The molecule has 0 saturated carbocycles. The molecule has 5 nitrogen and oxygen atoms in total. The second kappa shape index (κ2) is 7.34. The minimum atomic E-state index is -0.463. The van der Waals surface area contributed by atoms with Gasteiger partial charge in [-0.3, -0.25) is 4.79 Å². The SMILES string of the molecule is COc1ccc(-c2cc(-c3cccc(Cl)c3)c(C#N)c(=O)[nH]2)cc1OC. The number of halogens is 1. The second-order valence-corrected chi connectivity index (χ2v) is 5.93. The quantitative estimate of drug-likeness (QED) is 0.748. The van der Waals surface area contributed by atoms with Crippen LogP contribution in [0.15, 0.2) is 53.3 Å². The Bertz CT molecular complexity index is 1070. The second-order valence-electron chi connectivity index (χ2n) is 5.49. The average molecular weight is 367 g/mol. The summed E-state index contributed by atoms with van der Waals surface area (Å²) in [6, 6.07) is 16.1. The van der Waals surface area contributed by atoms with E-state index in [0.29, 0.717) is 33.3 Å². The molecule has 1 aromatic heterocycles. The average Bonchev–Trinajstić information content (AvgIpc) is 2.66. The Balaban J connectivity index is 2.22. The lowest BCUT2D eigenvalue weighted by Crippen LogP contribution is -2.12. The van der Waals surface area contributed by atoms with Gasteiger partial charge in [0.25, 0.3) is 5.56 Å². The van der Waals surface area contributed by atoms with Crippen molar-refractivity contribution in [3.63, 3.8) is 0 Å². The van der Waals surface area contributed by atoms with E-state index in [0.717, 1.165) is 5.56 Å². The fourth-order valence-corrected chi connectivity index (χ4v) is 2.90. The van der Waals surface area contributed by atoms with Crippen LogP contribution in [-0.4, -0.2) is 19.2 Å². The Hall–Kier alpha value is -3.23. The molecule has 0 unspecified atom stereocenters. The zero-order valence-electron chi connectivity index (χ0n) is 14.2. The van der Waals surface area contributed by atoms with Crippen molar-refractivity contribution >= 4 is 11.6 Å². The van der Waals surface area contributed by atoms with Gasteiger partial charge in [-0.2, -0.15) is 5.26 Å². The van der Waals surface area contributed by atoms with Crippen molar-refractivity contribution in [2.24, 2.45) is 0 Å². The maximum Gasteiger partial charge on any atom is 0.266 e. The van der Waals surface area contributed by atoms with E-state index in [1.807, 2.05) is 6.07 Å². The number of nitriles is 1. The first-order valence-electron chi connectivity index (χ1n) is 7.73. The lowest BCUT2D eigenvalue weighted by molar-refractivity contribution is 0.355. The van der Waals surface area contributed by atoms with Gasteiger partial charge >= 0.3 is 0 Å². The molecule has 0 amide bonds. The van der Waals surface area contributed by atoms with E-state index in [1.54, 1.807) is 62.8 Å². The van der Waals surface area contributed by atoms with Crippen LogP contribution in [0.5, 0.6) is 11.5 Å². The summed E-state index contributed by atoms with van der Waals surface area (Å²) in [4.78, 5) is 15.2. The molecule has 3 rings (SSSR count). The van der Waals surface area contributed by atoms with Gasteiger partial charge in [0.1, 0.15) is 11.6 Å². The number of nitrogens with zero attached hydrogens (tertiary/aromatic N) is 1. The zero-order valence-corrected chi connectivity index (χ0v) is 14.9. The van der Waals surface area contributed by atoms with Crippen LogP contribution in [0, 0.1) is 11.3 Å². The summed E-state index contributed by atoms with van der Waals surface area (Å²) in [5, 5.41) is 9.93. The molecule has 26 heavy (non-hydrogen) atoms. The van der Waals surface area contributed by atoms with Crippen molar-refractivity contribution in [2.45, 2.75) is 0 Å².